The molecule has 0 saturated heterocycles. The molecular formula is C27H36N2O. The van der Waals surface area contributed by atoms with E-state index in [0.717, 1.165) is 48.2 Å². The zero-order valence-corrected chi connectivity index (χ0v) is 18.6. The zero-order valence-electron chi connectivity index (χ0n) is 18.6. The molecule has 2 aromatic rings. The molecule has 0 spiro atoms. The molecule has 0 aliphatic heterocycles. The summed E-state index contributed by atoms with van der Waals surface area (Å²) in [7, 11) is 0. The summed E-state index contributed by atoms with van der Waals surface area (Å²) in [5, 5.41) is 16.2. The molecule has 0 aromatic heterocycles. The minimum atomic E-state index is 0.0177. The molecule has 0 bridgehead atoms. The van der Waals surface area contributed by atoms with Crippen LogP contribution in [0.3, 0.4) is 0 Å². The van der Waals surface area contributed by atoms with Gasteiger partial charge in [-0.3, -0.25) is 4.79 Å². The average molecular weight is 405 g/mol. The first-order valence-electron chi connectivity index (χ1n) is 11.4. The Balaban J connectivity index is 1.90. The van der Waals surface area contributed by atoms with Crippen LogP contribution in [0.1, 0.15) is 92.3 Å². The fourth-order valence-corrected chi connectivity index (χ4v) is 3.56. The summed E-state index contributed by atoms with van der Waals surface area (Å²) in [6.07, 6.45) is 9.91. The molecule has 160 valence electrons. The molecule has 30 heavy (non-hydrogen) atoms. The third-order valence-electron chi connectivity index (χ3n) is 5.43. The summed E-state index contributed by atoms with van der Waals surface area (Å²) < 4.78 is 0. The first-order chi connectivity index (χ1) is 14.5. The molecule has 3 heteroatoms. The summed E-state index contributed by atoms with van der Waals surface area (Å²) in [5.74, 6) is 0.0177. The van der Waals surface area contributed by atoms with E-state index in [-0.39, 0.29) is 5.78 Å². The molecule has 0 unspecified atom stereocenters. The lowest BCUT2D eigenvalue weighted by Crippen LogP contribution is -2.05. The van der Waals surface area contributed by atoms with Crippen molar-refractivity contribution in [2.24, 2.45) is 0 Å². The van der Waals surface area contributed by atoms with Crippen LogP contribution in [-0.2, 0) is 12.8 Å². The van der Waals surface area contributed by atoms with Crippen LogP contribution in [0.5, 0.6) is 0 Å². The summed E-state index contributed by atoms with van der Waals surface area (Å²) in [6, 6.07) is 15.3. The predicted molar refractivity (Wildman–Crippen MR) is 127 cm³/mol. The fraction of sp³-hybridized carbons (Fsp3) is 0.444. The number of ketones is 1. The lowest BCUT2D eigenvalue weighted by atomic mass is 9.97. The van der Waals surface area contributed by atoms with Crippen molar-refractivity contribution in [1.82, 2.24) is 0 Å². The molecule has 0 aliphatic rings. The molecule has 0 aliphatic carbocycles. The highest BCUT2D eigenvalue weighted by atomic mass is 16.1. The molecule has 2 N–H and O–H groups in total. The number of rotatable bonds is 14. The van der Waals surface area contributed by atoms with E-state index >= 15 is 0 Å². The van der Waals surface area contributed by atoms with E-state index in [2.05, 4.69) is 13.8 Å². The predicted octanol–water partition coefficient (Wildman–Crippen LogP) is 7.20. The van der Waals surface area contributed by atoms with E-state index in [9.17, 15) is 4.79 Å². The second kappa shape index (κ2) is 12.9. The van der Waals surface area contributed by atoms with Crippen molar-refractivity contribution in [3.8, 4) is 0 Å². The van der Waals surface area contributed by atoms with Gasteiger partial charge in [-0.1, -0.05) is 88.1 Å². The SMILES string of the molecule is CCCCCC(=N)Cc1ccc(C(=O)c2ccc(CC(=N)CCCCC)cc2)cc1. The quantitative estimate of drug-likeness (QED) is 0.195. The minimum absolute atomic E-state index is 0.0177. The third kappa shape index (κ3) is 8.06. The summed E-state index contributed by atoms with van der Waals surface area (Å²) in [5.41, 5.74) is 5.05. The molecule has 0 fully saturated rings. The number of unbranched alkanes of at least 4 members (excludes halogenated alkanes) is 4. The van der Waals surface area contributed by atoms with Gasteiger partial charge in [0.15, 0.2) is 5.78 Å². The van der Waals surface area contributed by atoms with Crippen LogP contribution in [0.2, 0.25) is 0 Å². The Bertz CT molecular complexity index is 749. The molecule has 0 radical (unpaired) electrons. The molecule has 3 nitrogen and oxygen atoms in total. The van der Waals surface area contributed by atoms with E-state index in [4.69, 9.17) is 10.8 Å². The maximum absolute atomic E-state index is 12.8. The zero-order chi connectivity index (χ0) is 21.8. The van der Waals surface area contributed by atoms with E-state index < -0.39 is 0 Å². The fourth-order valence-electron chi connectivity index (χ4n) is 3.56. The first-order valence-corrected chi connectivity index (χ1v) is 11.4. The average Bonchev–Trinajstić information content (AvgIpc) is 2.75. The summed E-state index contributed by atoms with van der Waals surface area (Å²) in [6.45, 7) is 4.35. The van der Waals surface area contributed by atoms with Crippen LogP contribution in [0, 0.1) is 10.8 Å². The third-order valence-corrected chi connectivity index (χ3v) is 5.43. The van der Waals surface area contributed by atoms with Crippen LogP contribution in [0.15, 0.2) is 48.5 Å². The topological polar surface area (TPSA) is 64.8 Å². The first kappa shape index (κ1) is 23.7. The van der Waals surface area contributed by atoms with Crippen molar-refractivity contribution < 1.29 is 4.79 Å². The Hall–Kier alpha value is -2.55. The largest absolute Gasteiger partial charge is 0.309 e. The van der Waals surface area contributed by atoms with Crippen molar-refractivity contribution in [1.29, 1.82) is 10.8 Å². The Kier molecular flexibility index (Phi) is 10.2. The van der Waals surface area contributed by atoms with Crippen molar-refractivity contribution in [2.45, 2.75) is 78.1 Å². The molecule has 0 amide bonds. The van der Waals surface area contributed by atoms with E-state index in [1.165, 1.54) is 25.7 Å². The van der Waals surface area contributed by atoms with Gasteiger partial charge in [-0.15, -0.1) is 0 Å². The maximum Gasteiger partial charge on any atom is 0.193 e. The Labute approximate surface area is 181 Å². The van der Waals surface area contributed by atoms with Gasteiger partial charge in [0.1, 0.15) is 0 Å². The van der Waals surface area contributed by atoms with Crippen LogP contribution in [-0.4, -0.2) is 17.2 Å². The molecule has 2 rings (SSSR count). The monoisotopic (exact) mass is 404 g/mol. The van der Waals surface area contributed by atoms with Gasteiger partial charge in [-0.25, -0.2) is 0 Å². The van der Waals surface area contributed by atoms with Crippen LogP contribution < -0.4 is 0 Å². The lowest BCUT2D eigenvalue weighted by Gasteiger charge is -2.07. The Morgan fingerprint density at radius 3 is 1.33 bits per heavy atom. The van der Waals surface area contributed by atoms with Crippen LogP contribution in [0.25, 0.3) is 0 Å². The molecule has 0 heterocycles. The smallest absolute Gasteiger partial charge is 0.193 e. The second-order valence-corrected chi connectivity index (χ2v) is 8.20. The Morgan fingerprint density at radius 1 is 0.633 bits per heavy atom. The number of benzene rings is 2. The maximum atomic E-state index is 12.8. The highest BCUT2D eigenvalue weighted by Crippen LogP contribution is 2.15. The highest BCUT2D eigenvalue weighted by Gasteiger charge is 2.10. The van der Waals surface area contributed by atoms with Crippen molar-refractivity contribution in [3.63, 3.8) is 0 Å². The van der Waals surface area contributed by atoms with Crippen molar-refractivity contribution in [2.75, 3.05) is 0 Å². The van der Waals surface area contributed by atoms with E-state index in [1.807, 2.05) is 48.5 Å². The normalized spacial score (nSPS) is 10.7. The van der Waals surface area contributed by atoms with Gasteiger partial charge in [0.05, 0.1) is 0 Å². The van der Waals surface area contributed by atoms with Gasteiger partial charge < -0.3 is 10.8 Å². The molecular weight excluding hydrogens is 368 g/mol. The lowest BCUT2D eigenvalue weighted by molar-refractivity contribution is 0.103. The minimum Gasteiger partial charge on any atom is -0.309 e. The van der Waals surface area contributed by atoms with Gasteiger partial charge in [0.2, 0.25) is 0 Å². The van der Waals surface area contributed by atoms with Gasteiger partial charge >= 0.3 is 0 Å². The van der Waals surface area contributed by atoms with Crippen molar-refractivity contribution in [3.05, 3.63) is 70.8 Å². The van der Waals surface area contributed by atoms with Crippen LogP contribution in [0.4, 0.5) is 0 Å². The van der Waals surface area contributed by atoms with Gasteiger partial charge in [0, 0.05) is 35.4 Å². The van der Waals surface area contributed by atoms with Gasteiger partial charge in [-0.2, -0.15) is 0 Å². The van der Waals surface area contributed by atoms with Crippen molar-refractivity contribution >= 4 is 17.2 Å². The molecule has 0 saturated carbocycles. The van der Waals surface area contributed by atoms with E-state index in [0.29, 0.717) is 24.0 Å². The standard InChI is InChI=1S/C27H36N2O/c1-3-5-7-9-25(28)19-21-11-15-23(16-12-21)27(30)24-17-13-22(14-18-24)20-26(29)10-8-6-4-2/h11-18,28-29H,3-10,19-20H2,1-2H3. The second-order valence-electron chi connectivity index (χ2n) is 8.20. The number of carbonyl (C=O) groups excluding carboxylic acids is 1. The number of carbonyl (C=O) groups is 1. The van der Waals surface area contributed by atoms with Gasteiger partial charge in [-0.05, 0) is 36.8 Å². The summed E-state index contributed by atoms with van der Waals surface area (Å²) >= 11 is 0. The van der Waals surface area contributed by atoms with E-state index in [1.54, 1.807) is 0 Å². The Morgan fingerprint density at radius 2 is 1.00 bits per heavy atom. The van der Waals surface area contributed by atoms with Crippen LogP contribution >= 0.6 is 0 Å². The van der Waals surface area contributed by atoms with Gasteiger partial charge in [0.25, 0.3) is 0 Å². The highest BCUT2D eigenvalue weighted by molar-refractivity contribution is 6.09. The summed E-state index contributed by atoms with van der Waals surface area (Å²) in [4.78, 5) is 12.8. The molecule has 2 aromatic carbocycles. The number of nitrogens with one attached hydrogen (secondary N) is 2. The molecule has 0 atom stereocenters. The number of hydrogen-bond donors (Lipinski definition) is 2. The number of hydrogen-bond acceptors (Lipinski definition) is 3.